The van der Waals surface area contributed by atoms with E-state index in [4.69, 9.17) is 4.74 Å². The zero-order valence-corrected chi connectivity index (χ0v) is 12.1. The number of benzene rings is 1. The number of hydrogen-bond acceptors (Lipinski definition) is 5. The first-order chi connectivity index (χ1) is 10.1. The number of hydrogen-bond donors (Lipinski definition) is 1. The summed E-state index contributed by atoms with van der Waals surface area (Å²) in [5.41, 5.74) is 1.37. The van der Waals surface area contributed by atoms with Crippen LogP contribution in [0, 0.1) is 10.1 Å². The van der Waals surface area contributed by atoms with Crippen molar-refractivity contribution in [3.05, 3.63) is 40.7 Å². The van der Waals surface area contributed by atoms with E-state index in [9.17, 15) is 10.1 Å². The summed E-state index contributed by atoms with van der Waals surface area (Å²) in [5.74, 6) is 0.483. The first kappa shape index (κ1) is 14.8. The van der Waals surface area contributed by atoms with Crippen LogP contribution < -0.4 is 10.1 Å². The highest BCUT2D eigenvalue weighted by Gasteiger charge is 2.11. The van der Waals surface area contributed by atoms with Crippen LogP contribution in [0.2, 0.25) is 0 Å². The fourth-order valence-corrected chi connectivity index (χ4v) is 1.83. The minimum atomic E-state index is -0.431. The summed E-state index contributed by atoms with van der Waals surface area (Å²) in [6.07, 6.45) is 4.36. The number of ether oxygens (including phenoxy) is 1. The van der Waals surface area contributed by atoms with Gasteiger partial charge < -0.3 is 10.1 Å². The molecule has 1 N–H and O–H groups in total. The Morgan fingerprint density at radius 2 is 2.14 bits per heavy atom. The molecule has 2 aromatic rings. The number of aromatic nitrogens is 2. The average Bonchev–Trinajstić information content (AvgIpc) is 2.92. The first-order valence-corrected chi connectivity index (χ1v) is 6.84. The smallest absolute Gasteiger partial charge is 0.275 e. The Balaban J connectivity index is 2.24. The highest BCUT2D eigenvalue weighted by molar-refractivity contribution is 5.63. The van der Waals surface area contributed by atoms with Gasteiger partial charge in [-0.15, -0.1) is 0 Å². The first-order valence-electron chi connectivity index (χ1n) is 6.84. The predicted molar refractivity (Wildman–Crippen MR) is 80.1 cm³/mol. The van der Waals surface area contributed by atoms with Gasteiger partial charge in [-0.1, -0.05) is 6.92 Å². The van der Waals surface area contributed by atoms with Crippen molar-refractivity contribution in [2.75, 3.05) is 11.9 Å². The lowest BCUT2D eigenvalue weighted by molar-refractivity contribution is -0.384. The van der Waals surface area contributed by atoms with Crippen molar-refractivity contribution in [3.63, 3.8) is 0 Å². The lowest BCUT2D eigenvalue weighted by Crippen LogP contribution is -1.98. The second kappa shape index (κ2) is 6.74. The Hall–Kier alpha value is -2.57. The second-order valence-electron chi connectivity index (χ2n) is 4.53. The van der Waals surface area contributed by atoms with Crippen LogP contribution in [0.15, 0.2) is 30.6 Å². The van der Waals surface area contributed by atoms with Crippen LogP contribution in [0.3, 0.4) is 0 Å². The van der Waals surface area contributed by atoms with E-state index < -0.39 is 4.92 Å². The Labute approximate surface area is 122 Å². The van der Waals surface area contributed by atoms with Gasteiger partial charge in [0.15, 0.2) is 0 Å². The Bertz CT molecular complexity index is 624. The molecule has 7 heteroatoms. The molecule has 1 aromatic heterocycles. The third-order valence-electron chi connectivity index (χ3n) is 2.82. The van der Waals surface area contributed by atoms with E-state index >= 15 is 0 Å². The molecule has 1 aromatic carbocycles. The summed E-state index contributed by atoms with van der Waals surface area (Å²) >= 11 is 0. The summed E-state index contributed by atoms with van der Waals surface area (Å²) in [7, 11) is 0. The quantitative estimate of drug-likeness (QED) is 0.624. The summed E-state index contributed by atoms with van der Waals surface area (Å²) < 4.78 is 7.26. The summed E-state index contributed by atoms with van der Waals surface area (Å²) in [5, 5.41) is 18.2. The van der Waals surface area contributed by atoms with Crippen LogP contribution >= 0.6 is 0 Å². The molecule has 7 nitrogen and oxygen atoms in total. The molecule has 0 amide bonds. The third kappa shape index (κ3) is 3.95. The van der Waals surface area contributed by atoms with Gasteiger partial charge in [0.05, 0.1) is 29.5 Å². The average molecular weight is 290 g/mol. The lowest BCUT2D eigenvalue weighted by Gasteiger charge is -2.08. The molecule has 0 bridgehead atoms. The molecule has 0 spiro atoms. The Morgan fingerprint density at radius 1 is 1.33 bits per heavy atom. The van der Waals surface area contributed by atoms with Gasteiger partial charge in [-0.05, 0) is 13.3 Å². The van der Waals surface area contributed by atoms with E-state index in [0.29, 0.717) is 18.0 Å². The van der Waals surface area contributed by atoms with Gasteiger partial charge in [-0.3, -0.25) is 14.8 Å². The molecular weight excluding hydrogens is 272 g/mol. The lowest BCUT2D eigenvalue weighted by atomic mass is 10.2. The van der Waals surface area contributed by atoms with E-state index in [2.05, 4.69) is 10.4 Å². The molecule has 2 rings (SSSR count). The normalized spacial score (nSPS) is 10.4. The van der Waals surface area contributed by atoms with E-state index in [1.165, 1.54) is 12.1 Å². The molecular formula is C14H18N4O3. The number of nitro benzene ring substituents is 1. The third-order valence-corrected chi connectivity index (χ3v) is 2.82. The number of nitro groups is 1. The number of nitrogens with zero attached hydrogens (tertiary/aromatic N) is 3. The largest absolute Gasteiger partial charge is 0.493 e. The van der Waals surface area contributed by atoms with Gasteiger partial charge in [0.25, 0.3) is 5.69 Å². The fourth-order valence-electron chi connectivity index (χ4n) is 1.83. The fraction of sp³-hybridized carbons (Fsp3) is 0.357. The molecule has 21 heavy (non-hydrogen) atoms. The van der Waals surface area contributed by atoms with Crippen LogP contribution in [-0.2, 0) is 6.54 Å². The summed E-state index contributed by atoms with van der Waals surface area (Å²) in [4.78, 5) is 10.6. The molecule has 0 fully saturated rings. The predicted octanol–water partition coefficient (Wildman–Crippen LogP) is 3.34. The van der Waals surface area contributed by atoms with Crippen molar-refractivity contribution >= 4 is 17.1 Å². The van der Waals surface area contributed by atoms with Crippen molar-refractivity contribution in [3.8, 4) is 5.75 Å². The molecule has 0 radical (unpaired) electrons. The highest BCUT2D eigenvalue weighted by Crippen LogP contribution is 2.28. The SMILES string of the molecule is CCCOc1cc(Nc2cnn(CC)c2)cc([N+](=O)[O-])c1. The molecule has 0 saturated carbocycles. The zero-order chi connectivity index (χ0) is 15.2. The van der Waals surface area contributed by atoms with E-state index in [-0.39, 0.29) is 5.69 Å². The Morgan fingerprint density at radius 3 is 2.76 bits per heavy atom. The van der Waals surface area contributed by atoms with Crippen LogP contribution in [0.5, 0.6) is 5.75 Å². The molecule has 112 valence electrons. The van der Waals surface area contributed by atoms with Crippen molar-refractivity contribution in [2.45, 2.75) is 26.8 Å². The van der Waals surface area contributed by atoms with Gasteiger partial charge in [0.2, 0.25) is 0 Å². The Kier molecular flexibility index (Phi) is 4.76. The van der Waals surface area contributed by atoms with Gasteiger partial charge >= 0.3 is 0 Å². The molecule has 0 atom stereocenters. The van der Waals surface area contributed by atoms with Crippen LogP contribution in [-0.4, -0.2) is 21.3 Å². The summed E-state index contributed by atoms with van der Waals surface area (Å²) in [6, 6.07) is 4.64. The molecule has 0 aliphatic rings. The topological polar surface area (TPSA) is 82.2 Å². The standard InChI is InChI=1S/C14H18N4O3/c1-3-5-21-14-7-11(6-13(8-14)18(19)20)16-12-9-15-17(4-2)10-12/h6-10,16H,3-5H2,1-2H3. The van der Waals surface area contributed by atoms with Crippen molar-refractivity contribution in [1.82, 2.24) is 9.78 Å². The maximum absolute atomic E-state index is 11.0. The second-order valence-corrected chi connectivity index (χ2v) is 4.53. The number of rotatable bonds is 7. The van der Waals surface area contributed by atoms with Crippen LogP contribution in [0.1, 0.15) is 20.3 Å². The van der Waals surface area contributed by atoms with Crippen molar-refractivity contribution in [1.29, 1.82) is 0 Å². The molecule has 0 aliphatic carbocycles. The summed E-state index contributed by atoms with van der Waals surface area (Å²) in [6.45, 7) is 5.26. The maximum Gasteiger partial charge on any atom is 0.275 e. The van der Waals surface area contributed by atoms with Gasteiger partial charge in [0.1, 0.15) is 5.75 Å². The maximum atomic E-state index is 11.0. The molecule has 0 aliphatic heterocycles. The van der Waals surface area contributed by atoms with Gasteiger partial charge in [-0.25, -0.2) is 0 Å². The molecule has 1 heterocycles. The van der Waals surface area contributed by atoms with Crippen LogP contribution in [0.4, 0.5) is 17.1 Å². The number of aryl methyl sites for hydroxylation is 1. The van der Waals surface area contributed by atoms with Gasteiger partial charge in [-0.2, -0.15) is 5.10 Å². The molecule has 0 unspecified atom stereocenters. The zero-order valence-electron chi connectivity index (χ0n) is 12.1. The van der Waals surface area contributed by atoms with Crippen molar-refractivity contribution in [2.24, 2.45) is 0 Å². The van der Waals surface area contributed by atoms with E-state index in [0.717, 1.165) is 18.7 Å². The monoisotopic (exact) mass is 290 g/mol. The minimum Gasteiger partial charge on any atom is -0.493 e. The van der Waals surface area contributed by atoms with Gasteiger partial charge in [0, 0.05) is 30.6 Å². The van der Waals surface area contributed by atoms with Crippen molar-refractivity contribution < 1.29 is 9.66 Å². The minimum absolute atomic E-state index is 0.00557. The van der Waals surface area contributed by atoms with Crippen LogP contribution in [0.25, 0.3) is 0 Å². The molecule has 0 saturated heterocycles. The van der Waals surface area contributed by atoms with E-state index in [1.54, 1.807) is 16.9 Å². The number of anilines is 2. The van der Waals surface area contributed by atoms with E-state index in [1.807, 2.05) is 20.0 Å². The number of nitrogens with one attached hydrogen (secondary N) is 1. The highest BCUT2D eigenvalue weighted by atomic mass is 16.6. The number of non-ortho nitro benzene ring substituents is 1.